The largest absolute Gasteiger partial charge is 0.493 e. The van der Waals surface area contributed by atoms with Crippen molar-refractivity contribution in [2.24, 2.45) is 0 Å². The number of methoxy groups -OCH3 is 1. The van der Waals surface area contributed by atoms with Gasteiger partial charge in [0.25, 0.3) is 0 Å². The van der Waals surface area contributed by atoms with Gasteiger partial charge in [0, 0.05) is 11.8 Å². The molecule has 7 nitrogen and oxygen atoms in total. The number of anilines is 1. The van der Waals surface area contributed by atoms with E-state index in [2.05, 4.69) is 20.1 Å². The van der Waals surface area contributed by atoms with Crippen LogP contribution < -0.4 is 14.8 Å². The highest BCUT2D eigenvalue weighted by atomic mass is 19.3. The van der Waals surface area contributed by atoms with Crippen molar-refractivity contribution in [3.63, 3.8) is 0 Å². The summed E-state index contributed by atoms with van der Waals surface area (Å²) in [4.78, 5) is 16.0. The Morgan fingerprint density at radius 1 is 1.18 bits per heavy atom. The summed E-state index contributed by atoms with van der Waals surface area (Å²) in [5.74, 6) is -0.279. The van der Waals surface area contributed by atoms with E-state index in [9.17, 15) is 13.6 Å². The lowest BCUT2D eigenvalue weighted by Crippen LogP contribution is -2.07. The molecule has 1 N–H and O–H groups in total. The highest BCUT2D eigenvalue weighted by molar-refractivity contribution is 6.02. The molecule has 1 amide bonds. The van der Waals surface area contributed by atoms with E-state index < -0.39 is 6.61 Å². The van der Waals surface area contributed by atoms with Gasteiger partial charge in [-0.1, -0.05) is 6.07 Å². The van der Waals surface area contributed by atoms with Gasteiger partial charge in [0.05, 0.1) is 12.8 Å². The Kier molecular flexibility index (Phi) is 5.95. The van der Waals surface area contributed by atoms with Crippen LogP contribution in [-0.4, -0.2) is 34.4 Å². The number of halogens is 2. The molecule has 3 aromatic rings. The molecular formula is C19H16F2N4O3. The third-order valence-electron chi connectivity index (χ3n) is 3.65. The van der Waals surface area contributed by atoms with Gasteiger partial charge in [0.1, 0.15) is 12.7 Å². The van der Waals surface area contributed by atoms with Gasteiger partial charge in [-0.25, -0.2) is 9.67 Å². The molecule has 0 bridgehead atoms. The second kappa shape index (κ2) is 8.76. The Morgan fingerprint density at radius 3 is 2.61 bits per heavy atom. The van der Waals surface area contributed by atoms with Gasteiger partial charge in [-0.15, -0.1) is 0 Å². The Hall–Kier alpha value is -3.75. The van der Waals surface area contributed by atoms with Crippen LogP contribution in [-0.2, 0) is 4.79 Å². The normalized spacial score (nSPS) is 11.0. The van der Waals surface area contributed by atoms with Gasteiger partial charge in [0.15, 0.2) is 11.5 Å². The van der Waals surface area contributed by atoms with Crippen LogP contribution in [0.4, 0.5) is 14.5 Å². The van der Waals surface area contributed by atoms with Crippen LogP contribution in [0.5, 0.6) is 11.5 Å². The average molecular weight is 386 g/mol. The summed E-state index contributed by atoms with van der Waals surface area (Å²) >= 11 is 0. The monoisotopic (exact) mass is 386 g/mol. The fourth-order valence-corrected chi connectivity index (χ4v) is 2.38. The molecular weight excluding hydrogens is 370 g/mol. The van der Waals surface area contributed by atoms with Crippen molar-refractivity contribution in [2.45, 2.75) is 6.61 Å². The third-order valence-corrected chi connectivity index (χ3v) is 3.65. The van der Waals surface area contributed by atoms with Gasteiger partial charge in [0.2, 0.25) is 5.91 Å². The Morgan fingerprint density at radius 2 is 1.96 bits per heavy atom. The van der Waals surface area contributed by atoms with Crippen molar-refractivity contribution < 1.29 is 23.0 Å². The maximum Gasteiger partial charge on any atom is 0.387 e. The quantitative estimate of drug-likeness (QED) is 0.629. The van der Waals surface area contributed by atoms with Gasteiger partial charge in [-0.2, -0.15) is 13.9 Å². The number of hydrogen-bond acceptors (Lipinski definition) is 5. The highest BCUT2D eigenvalue weighted by Gasteiger charge is 2.10. The summed E-state index contributed by atoms with van der Waals surface area (Å²) in [7, 11) is 1.34. The van der Waals surface area contributed by atoms with Crippen LogP contribution in [0.15, 0.2) is 61.2 Å². The summed E-state index contributed by atoms with van der Waals surface area (Å²) in [6, 6.07) is 11.4. The molecule has 0 fully saturated rings. The lowest BCUT2D eigenvalue weighted by molar-refractivity contribution is -0.111. The fourth-order valence-electron chi connectivity index (χ4n) is 2.38. The van der Waals surface area contributed by atoms with Gasteiger partial charge in [-0.3, -0.25) is 4.79 Å². The first-order valence-corrected chi connectivity index (χ1v) is 8.12. The molecule has 2 aromatic carbocycles. The number of amides is 1. The summed E-state index contributed by atoms with van der Waals surface area (Å²) in [6.45, 7) is -2.95. The van der Waals surface area contributed by atoms with Gasteiger partial charge < -0.3 is 14.8 Å². The number of carbonyl (C=O) groups excluding carboxylic acids is 1. The summed E-state index contributed by atoms with van der Waals surface area (Å²) in [6.07, 6.45) is 5.87. The zero-order chi connectivity index (χ0) is 19.9. The minimum atomic E-state index is -2.95. The van der Waals surface area contributed by atoms with E-state index >= 15 is 0 Å². The number of aromatic nitrogens is 3. The SMILES string of the molecule is COc1cc(/C=C/C(=O)Nc2ccc(-n3cncn3)cc2)ccc1OC(F)F. The Balaban J connectivity index is 1.63. The van der Waals surface area contributed by atoms with Crippen molar-refractivity contribution >= 4 is 17.7 Å². The summed E-state index contributed by atoms with van der Waals surface area (Å²) in [5.41, 5.74) is 2.01. The van der Waals surface area contributed by atoms with Gasteiger partial charge >= 0.3 is 6.61 Å². The number of nitrogens with one attached hydrogen (secondary N) is 1. The molecule has 144 valence electrons. The molecule has 28 heavy (non-hydrogen) atoms. The molecule has 0 aliphatic rings. The Bertz CT molecular complexity index is 958. The minimum absolute atomic E-state index is 0.0772. The highest BCUT2D eigenvalue weighted by Crippen LogP contribution is 2.29. The average Bonchev–Trinajstić information content (AvgIpc) is 3.22. The molecule has 0 radical (unpaired) electrons. The molecule has 9 heteroatoms. The number of ether oxygens (including phenoxy) is 2. The number of nitrogens with zero attached hydrogens (tertiary/aromatic N) is 3. The number of rotatable bonds is 7. The van der Waals surface area contributed by atoms with E-state index in [1.54, 1.807) is 35.3 Å². The van der Waals surface area contributed by atoms with Crippen LogP contribution in [0, 0.1) is 0 Å². The van der Waals surface area contributed by atoms with E-state index in [1.807, 2.05) is 0 Å². The number of benzene rings is 2. The standard InChI is InChI=1S/C19H16F2N4O3/c1-27-17-10-13(2-8-16(17)28-19(20)21)3-9-18(26)24-14-4-6-15(7-5-14)25-12-22-11-23-25/h2-12,19H,1H3,(H,24,26)/b9-3+. The van der Waals surface area contributed by atoms with Crippen LogP contribution in [0.2, 0.25) is 0 Å². The molecule has 1 heterocycles. The zero-order valence-electron chi connectivity index (χ0n) is 14.8. The van der Waals surface area contributed by atoms with Crippen LogP contribution in [0.1, 0.15) is 5.56 Å². The summed E-state index contributed by atoms with van der Waals surface area (Å²) in [5, 5.41) is 6.75. The molecule has 0 saturated carbocycles. The zero-order valence-corrected chi connectivity index (χ0v) is 14.8. The van der Waals surface area contributed by atoms with E-state index in [-0.39, 0.29) is 17.4 Å². The molecule has 0 atom stereocenters. The van der Waals surface area contributed by atoms with E-state index in [0.29, 0.717) is 11.3 Å². The number of carbonyl (C=O) groups is 1. The van der Waals surface area contributed by atoms with Gasteiger partial charge in [-0.05, 0) is 48.0 Å². The second-order valence-electron chi connectivity index (χ2n) is 5.50. The van der Waals surface area contributed by atoms with Crippen molar-refractivity contribution in [3.8, 4) is 17.2 Å². The lowest BCUT2D eigenvalue weighted by Gasteiger charge is -2.10. The first kappa shape index (κ1) is 19.0. The molecule has 1 aromatic heterocycles. The van der Waals surface area contributed by atoms with Crippen LogP contribution >= 0.6 is 0 Å². The predicted octanol–water partition coefficient (Wildman–Crippen LogP) is 3.53. The van der Waals surface area contributed by atoms with Crippen LogP contribution in [0.3, 0.4) is 0 Å². The lowest BCUT2D eigenvalue weighted by atomic mass is 10.2. The third kappa shape index (κ3) is 4.91. The van der Waals surface area contributed by atoms with Crippen molar-refractivity contribution in [1.82, 2.24) is 14.8 Å². The molecule has 0 aliphatic carbocycles. The maximum atomic E-state index is 12.4. The first-order valence-electron chi connectivity index (χ1n) is 8.12. The van der Waals surface area contributed by atoms with Crippen molar-refractivity contribution in [1.29, 1.82) is 0 Å². The second-order valence-corrected chi connectivity index (χ2v) is 5.50. The molecule has 0 unspecified atom stereocenters. The number of alkyl halides is 2. The smallest absolute Gasteiger partial charge is 0.387 e. The molecule has 3 rings (SSSR count). The molecule has 0 saturated heterocycles. The van der Waals surface area contributed by atoms with E-state index in [1.165, 1.54) is 43.8 Å². The van der Waals surface area contributed by atoms with E-state index in [0.717, 1.165) is 5.69 Å². The maximum absolute atomic E-state index is 12.4. The van der Waals surface area contributed by atoms with Crippen molar-refractivity contribution in [2.75, 3.05) is 12.4 Å². The molecule has 0 aliphatic heterocycles. The summed E-state index contributed by atoms with van der Waals surface area (Å²) < 4.78 is 35.7. The number of hydrogen-bond donors (Lipinski definition) is 1. The minimum Gasteiger partial charge on any atom is -0.493 e. The fraction of sp³-hybridized carbons (Fsp3) is 0.105. The predicted molar refractivity (Wildman–Crippen MR) is 98.6 cm³/mol. The topological polar surface area (TPSA) is 78.3 Å². The first-order chi connectivity index (χ1) is 13.5. The van der Waals surface area contributed by atoms with E-state index in [4.69, 9.17) is 4.74 Å². The Labute approximate surface area is 159 Å². The molecule has 0 spiro atoms. The van der Waals surface area contributed by atoms with Crippen molar-refractivity contribution in [3.05, 3.63) is 66.8 Å². The van der Waals surface area contributed by atoms with Crippen LogP contribution in [0.25, 0.3) is 11.8 Å².